The maximum absolute atomic E-state index is 11.3. The second-order valence-corrected chi connectivity index (χ2v) is 6.56. The molecule has 1 saturated carbocycles. The van der Waals surface area contributed by atoms with E-state index in [1.807, 2.05) is 11.9 Å². The summed E-state index contributed by atoms with van der Waals surface area (Å²) in [5, 5.41) is 7.84. The molecule has 0 aromatic heterocycles. The van der Waals surface area contributed by atoms with E-state index in [4.69, 9.17) is 5.41 Å². The molecule has 1 aliphatic carbocycles. The molecule has 0 radical (unpaired) electrons. The summed E-state index contributed by atoms with van der Waals surface area (Å²) in [7, 11) is -0.964. The highest BCUT2D eigenvalue weighted by Crippen LogP contribution is 2.32. The molecular weight excluding hydrogens is 200 g/mol. The number of nitrogens with one attached hydrogen (secondary N) is 1. The Morgan fingerprint density at radius 3 is 2.43 bits per heavy atom. The smallest absolute Gasteiger partial charge is 0.152 e. The van der Waals surface area contributed by atoms with Crippen LogP contribution in [0.5, 0.6) is 0 Å². The number of nitrogens with zero attached hydrogens (tertiary/aromatic N) is 1. The molecule has 5 heteroatoms. The summed E-state index contributed by atoms with van der Waals surface area (Å²) in [6.45, 7) is 0. The van der Waals surface area contributed by atoms with Crippen molar-refractivity contribution in [3.05, 3.63) is 0 Å². The minimum Gasteiger partial charge on any atom is -0.359 e. The molecule has 14 heavy (non-hydrogen) atoms. The van der Waals surface area contributed by atoms with E-state index in [1.54, 1.807) is 0 Å². The fourth-order valence-corrected chi connectivity index (χ4v) is 3.70. The van der Waals surface area contributed by atoms with Crippen molar-refractivity contribution in [2.24, 2.45) is 5.92 Å². The van der Waals surface area contributed by atoms with E-state index in [1.165, 1.54) is 0 Å². The third-order valence-corrected chi connectivity index (χ3v) is 4.85. The van der Waals surface area contributed by atoms with Gasteiger partial charge in [0.25, 0.3) is 0 Å². The van der Waals surface area contributed by atoms with Crippen LogP contribution in [-0.2, 0) is 9.84 Å². The predicted molar refractivity (Wildman–Crippen MR) is 55.3 cm³/mol. The van der Waals surface area contributed by atoms with Crippen LogP contribution >= 0.6 is 0 Å². The second-order valence-electron chi connectivity index (χ2n) is 4.33. The molecule has 4 nitrogen and oxygen atoms in total. The standard InChI is InChI=1S/C9H16N2O2S/c1-11(9(10)7-2-3-7)8-4-5-14(12,13)6-8/h7-8,10H,2-6H2,1H3. The summed E-state index contributed by atoms with van der Waals surface area (Å²) >= 11 is 0. The zero-order chi connectivity index (χ0) is 10.3. The molecule has 0 aromatic rings. The van der Waals surface area contributed by atoms with Crippen LogP contribution in [0.1, 0.15) is 19.3 Å². The van der Waals surface area contributed by atoms with Crippen LogP contribution in [0.15, 0.2) is 0 Å². The van der Waals surface area contributed by atoms with Gasteiger partial charge in [0.05, 0.1) is 17.3 Å². The Hall–Kier alpha value is -0.580. The molecule has 1 aliphatic heterocycles. The highest BCUT2D eigenvalue weighted by Gasteiger charge is 2.36. The van der Waals surface area contributed by atoms with E-state index in [0.717, 1.165) is 12.8 Å². The van der Waals surface area contributed by atoms with Crippen LogP contribution in [-0.4, -0.2) is 43.7 Å². The topological polar surface area (TPSA) is 61.2 Å². The van der Waals surface area contributed by atoms with Crippen molar-refractivity contribution in [3.8, 4) is 0 Å². The number of sulfone groups is 1. The highest BCUT2D eigenvalue weighted by molar-refractivity contribution is 7.91. The molecule has 0 amide bonds. The number of hydrogen-bond donors (Lipinski definition) is 1. The van der Waals surface area contributed by atoms with Gasteiger partial charge in [-0.25, -0.2) is 8.42 Å². The summed E-state index contributed by atoms with van der Waals surface area (Å²) in [6.07, 6.45) is 2.89. The lowest BCUT2D eigenvalue weighted by molar-refractivity contribution is 0.384. The summed E-state index contributed by atoms with van der Waals surface area (Å²) in [6, 6.07) is 0.0492. The van der Waals surface area contributed by atoms with E-state index in [0.29, 0.717) is 23.9 Å². The van der Waals surface area contributed by atoms with Gasteiger partial charge in [-0.3, -0.25) is 5.41 Å². The molecule has 0 spiro atoms. The Labute approximate surface area is 84.7 Å². The van der Waals surface area contributed by atoms with Crippen molar-refractivity contribution in [1.82, 2.24) is 4.90 Å². The van der Waals surface area contributed by atoms with Gasteiger partial charge >= 0.3 is 0 Å². The monoisotopic (exact) mass is 216 g/mol. The van der Waals surface area contributed by atoms with E-state index >= 15 is 0 Å². The van der Waals surface area contributed by atoms with Crippen LogP contribution in [0.3, 0.4) is 0 Å². The zero-order valence-electron chi connectivity index (χ0n) is 8.36. The van der Waals surface area contributed by atoms with Crippen LogP contribution < -0.4 is 0 Å². The molecule has 80 valence electrons. The van der Waals surface area contributed by atoms with Crippen LogP contribution in [0.25, 0.3) is 0 Å². The van der Waals surface area contributed by atoms with Crippen LogP contribution in [0.2, 0.25) is 0 Å². The maximum Gasteiger partial charge on any atom is 0.152 e. The van der Waals surface area contributed by atoms with Gasteiger partial charge in [0.1, 0.15) is 0 Å². The van der Waals surface area contributed by atoms with E-state index in [-0.39, 0.29) is 11.8 Å². The molecule has 0 aromatic carbocycles. The van der Waals surface area contributed by atoms with E-state index < -0.39 is 9.84 Å². The molecule has 2 rings (SSSR count). The van der Waals surface area contributed by atoms with Crippen LogP contribution in [0.4, 0.5) is 0 Å². The first-order valence-electron chi connectivity index (χ1n) is 5.01. The fraction of sp³-hybridized carbons (Fsp3) is 0.889. The van der Waals surface area contributed by atoms with Gasteiger partial charge in [0, 0.05) is 19.0 Å². The number of amidine groups is 1. The quantitative estimate of drug-likeness (QED) is 0.540. The number of hydrogen-bond acceptors (Lipinski definition) is 3. The zero-order valence-corrected chi connectivity index (χ0v) is 9.18. The first-order chi connectivity index (χ1) is 6.49. The van der Waals surface area contributed by atoms with E-state index in [9.17, 15) is 8.42 Å². The molecule has 2 fully saturated rings. The van der Waals surface area contributed by atoms with Crippen molar-refractivity contribution in [3.63, 3.8) is 0 Å². The van der Waals surface area contributed by atoms with Gasteiger partial charge in [-0.2, -0.15) is 0 Å². The van der Waals surface area contributed by atoms with Crippen LogP contribution in [0, 0.1) is 11.3 Å². The van der Waals surface area contributed by atoms with Gasteiger partial charge in [0.15, 0.2) is 9.84 Å². The Balaban J connectivity index is 1.98. The largest absolute Gasteiger partial charge is 0.359 e. The number of rotatable bonds is 2. The molecular formula is C9H16N2O2S. The Kier molecular flexibility index (Phi) is 2.29. The molecule has 1 N–H and O–H groups in total. The minimum absolute atomic E-state index is 0.0492. The summed E-state index contributed by atoms with van der Waals surface area (Å²) in [5.41, 5.74) is 0. The van der Waals surface area contributed by atoms with Crippen molar-refractivity contribution in [1.29, 1.82) is 5.41 Å². The third kappa shape index (κ3) is 1.92. The second kappa shape index (κ2) is 3.22. The SMILES string of the molecule is CN(C(=N)C1CC1)C1CCS(=O)(=O)C1. The normalized spacial score (nSPS) is 30.2. The van der Waals surface area contributed by atoms with Gasteiger partial charge < -0.3 is 4.90 Å². The van der Waals surface area contributed by atoms with Gasteiger partial charge in [-0.1, -0.05) is 0 Å². The fourth-order valence-electron chi connectivity index (χ4n) is 1.92. The van der Waals surface area contributed by atoms with Crippen molar-refractivity contribution >= 4 is 15.7 Å². The minimum atomic E-state index is -2.82. The molecule has 2 aliphatic rings. The average Bonchev–Trinajstić information content (AvgIpc) is 2.89. The maximum atomic E-state index is 11.3. The summed E-state index contributed by atoms with van der Waals surface area (Å²) in [5.74, 6) is 1.56. The average molecular weight is 216 g/mol. The summed E-state index contributed by atoms with van der Waals surface area (Å²) < 4.78 is 22.5. The lowest BCUT2D eigenvalue weighted by Crippen LogP contribution is -2.38. The lowest BCUT2D eigenvalue weighted by Gasteiger charge is -2.25. The van der Waals surface area contributed by atoms with Crippen molar-refractivity contribution in [2.45, 2.75) is 25.3 Å². The van der Waals surface area contributed by atoms with Gasteiger partial charge in [-0.15, -0.1) is 0 Å². The predicted octanol–water partition coefficient (Wildman–Crippen LogP) is 0.493. The third-order valence-electron chi connectivity index (χ3n) is 3.10. The van der Waals surface area contributed by atoms with Crippen molar-refractivity contribution in [2.75, 3.05) is 18.6 Å². The van der Waals surface area contributed by atoms with Crippen molar-refractivity contribution < 1.29 is 8.42 Å². The van der Waals surface area contributed by atoms with Gasteiger partial charge in [0.2, 0.25) is 0 Å². The molecule has 1 atom stereocenters. The molecule has 1 saturated heterocycles. The Bertz CT molecular complexity index is 346. The Morgan fingerprint density at radius 1 is 1.36 bits per heavy atom. The summed E-state index contributed by atoms with van der Waals surface area (Å²) in [4.78, 5) is 1.86. The first kappa shape index (κ1) is 9.96. The first-order valence-corrected chi connectivity index (χ1v) is 6.83. The molecule has 1 heterocycles. The molecule has 0 bridgehead atoms. The lowest BCUT2D eigenvalue weighted by atomic mass is 10.2. The van der Waals surface area contributed by atoms with Gasteiger partial charge in [-0.05, 0) is 19.3 Å². The van der Waals surface area contributed by atoms with E-state index in [2.05, 4.69) is 0 Å². The highest BCUT2D eigenvalue weighted by atomic mass is 32.2. The molecule has 1 unspecified atom stereocenters. The Morgan fingerprint density at radius 2 is 2.00 bits per heavy atom.